The molecule has 1 amide bonds. The first kappa shape index (κ1) is 21.6. The lowest BCUT2D eigenvalue weighted by atomic mass is 10.00. The van der Waals surface area contributed by atoms with Crippen LogP contribution in [0.5, 0.6) is 5.75 Å². The van der Waals surface area contributed by atoms with Gasteiger partial charge in [-0.3, -0.25) is 4.79 Å². The number of carbonyl (C=O) groups is 2. The number of likely N-dealkylation sites (tertiary alicyclic amines) is 1. The minimum Gasteiger partial charge on any atom is -0.496 e. The van der Waals surface area contributed by atoms with Gasteiger partial charge in [0.25, 0.3) is 5.91 Å². The van der Waals surface area contributed by atoms with Crippen LogP contribution in [0.25, 0.3) is 11.6 Å². The Kier molecular flexibility index (Phi) is 7.66. The lowest BCUT2D eigenvalue weighted by Gasteiger charge is -2.35. The lowest BCUT2D eigenvalue weighted by Crippen LogP contribution is -2.45. The van der Waals surface area contributed by atoms with E-state index >= 15 is 0 Å². The van der Waals surface area contributed by atoms with Crippen LogP contribution < -0.4 is 4.74 Å². The minimum absolute atomic E-state index is 0.125. The monoisotopic (exact) mass is 407 g/mol. The molecule has 1 aliphatic rings. The average Bonchev–Trinajstić information content (AvgIpc) is 2.81. The number of esters is 1. The van der Waals surface area contributed by atoms with E-state index in [4.69, 9.17) is 9.47 Å². The molecule has 2 aromatic rings. The third-order valence-electron chi connectivity index (χ3n) is 5.49. The first-order chi connectivity index (χ1) is 14.6. The number of hydrogen-bond donors (Lipinski definition) is 0. The van der Waals surface area contributed by atoms with Crippen molar-refractivity contribution in [1.82, 2.24) is 4.90 Å². The minimum atomic E-state index is -0.523. The summed E-state index contributed by atoms with van der Waals surface area (Å²) < 4.78 is 10.9. The summed E-state index contributed by atoms with van der Waals surface area (Å²) in [5, 5.41) is 0. The van der Waals surface area contributed by atoms with Gasteiger partial charge in [0.05, 0.1) is 12.7 Å². The fourth-order valence-corrected chi connectivity index (χ4v) is 3.86. The highest BCUT2D eigenvalue weighted by Crippen LogP contribution is 2.26. The van der Waals surface area contributed by atoms with Crippen molar-refractivity contribution in [1.29, 1.82) is 0 Å². The highest BCUT2D eigenvalue weighted by molar-refractivity contribution is 6.22. The maximum Gasteiger partial charge on any atom is 0.339 e. The van der Waals surface area contributed by atoms with Crippen molar-refractivity contribution in [2.75, 3.05) is 20.3 Å². The summed E-state index contributed by atoms with van der Waals surface area (Å²) in [6, 6.07) is 17.0. The van der Waals surface area contributed by atoms with E-state index in [1.165, 1.54) is 0 Å². The Bertz CT molecular complexity index is 891. The lowest BCUT2D eigenvalue weighted by molar-refractivity contribution is -0.149. The van der Waals surface area contributed by atoms with Gasteiger partial charge in [0, 0.05) is 18.2 Å². The highest BCUT2D eigenvalue weighted by Gasteiger charge is 2.26. The predicted molar refractivity (Wildman–Crippen MR) is 118 cm³/mol. The van der Waals surface area contributed by atoms with Crippen LogP contribution in [-0.2, 0) is 14.3 Å². The number of para-hydroxylation sites is 1. The largest absolute Gasteiger partial charge is 0.496 e. The molecule has 0 spiro atoms. The normalized spacial score (nSPS) is 16.8. The van der Waals surface area contributed by atoms with Crippen molar-refractivity contribution in [2.24, 2.45) is 0 Å². The second-order valence-electron chi connectivity index (χ2n) is 7.39. The molecule has 0 saturated carbocycles. The quantitative estimate of drug-likeness (QED) is 0.383. The Hall–Kier alpha value is -3.08. The third kappa shape index (κ3) is 5.29. The van der Waals surface area contributed by atoms with Crippen molar-refractivity contribution < 1.29 is 19.1 Å². The first-order valence-corrected chi connectivity index (χ1v) is 10.5. The molecule has 1 aliphatic heterocycles. The van der Waals surface area contributed by atoms with Gasteiger partial charge in [0.2, 0.25) is 0 Å². The maximum absolute atomic E-state index is 13.0. The second-order valence-corrected chi connectivity index (χ2v) is 7.39. The molecule has 2 aromatic carbocycles. The Balaban J connectivity index is 1.79. The molecular formula is C25H29NO4. The molecule has 1 heterocycles. The van der Waals surface area contributed by atoms with Crippen molar-refractivity contribution in [3.05, 3.63) is 65.7 Å². The van der Waals surface area contributed by atoms with Gasteiger partial charge < -0.3 is 14.4 Å². The van der Waals surface area contributed by atoms with Crippen molar-refractivity contribution in [3.8, 4) is 5.75 Å². The fourth-order valence-electron chi connectivity index (χ4n) is 3.86. The number of amides is 1. The molecule has 158 valence electrons. The van der Waals surface area contributed by atoms with E-state index in [1.54, 1.807) is 13.2 Å². The molecule has 1 atom stereocenters. The first-order valence-electron chi connectivity index (χ1n) is 10.5. The summed E-state index contributed by atoms with van der Waals surface area (Å²) >= 11 is 0. The zero-order valence-electron chi connectivity index (χ0n) is 17.7. The van der Waals surface area contributed by atoms with Crippen molar-refractivity contribution in [3.63, 3.8) is 0 Å². The summed E-state index contributed by atoms with van der Waals surface area (Å²) in [7, 11) is 1.59. The summed E-state index contributed by atoms with van der Waals surface area (Å²) in [5.41, 5.74) is 1.88. The highest BCUT2D eigenvalue weighted by atomic mass is 16.5. The number of ether oxygens (including phenoxy) is 2. The summed E-state index contributed by atoms with van der Waals surface area (Å²) in [5.74, 6) is 0.0130. The molecule has 5 nitrogen and oxygen atoms in total. The predicted octanol–water partition coefficient (Wildman–Crippen LogP) is 4.57. The van der Waals surface area contributed by atoms with Crippen molar-refractivity contribution in [2.45, 2.75) is 38.6 Å². The van der Waals surface area contributed by atoms with Gasteiger partial charge in [0.15, 0.2) is 6.61 Å². The number of rotatable bonds is 7. The second kappa shape index (κ2) is 10.6. The van der Waals surface area contributed by atoms with Crippen LogP contribution in [0, 0.1) is 0 Å². The number of nitrogens with zero attached hydrogens (tertiary/aromatic N) is 1. The van der Waals surface area contributed by atoms with Crippen LogP contribution in [0.4, 0.5) is 0 Å². The Morgan fingerprint density at radius 1 is 1.07 bits per heavy atom. The molecule has 0 aromatic heterocycles. The SMILES string of the molecule is CCC1CCCCN1C(=O)COC(=O)/C(=C/c1ccccc1OC)c1ccccc1. The van der Waals surface area contributed by atoms with Gasteiger partial charge in [0.1, 0.15) is 5.75 Å². The molecule has 3 rings (SSSR count). The Morgan fingerprint density at radius 2 is 1.80 bits per heavy atom. The van der Waals surface area contributed by atoms with E-state index in [0.29, 0.717) is 11.3 Å². The molecular weight excluding hydrogens is 378 g/mol. The number of hydrogen-bond acceptors (Lipinski definition) is 4. The standard InChI is InChI=1S/C25H29NO4/c1-3-21-14-9-10-16-26(21)24(27)18-30-25(28)22(19-11-5-4-6-12-19)17-20-13-7-8-15-23(20)29-2/h4-8,11-13,15,17,21H,3,9-10,14,16,18H2,1-2H3/b22-17+. The molecule has 5 heteroatoms. The molecule has 30 heavy (non-hydrogen) atoms. The smallest absolute Gasteiger partial charge is 0.339 e. The maximum atomic E-state index is 13.0. The van der Waals surface area contributed by atoms with Crippen LogP contribution in [0.15, 0.2) is 54.6 Å². The number of benzene rings is 2. The van der Waals surface area contributed by atoms with Crippen LogP contribution in [0.1, 0.15) is 43.7 Å². The molecule has 0 N–H and O–H groups in total. The van der Waals surface area contributed by atoms with Gasteiger partial charge >= 0.3 is 5.97 Å². The molecule has 1 fully saturated rings. The summed E-state index contributed by atoms with van der Waals surface area (Å²) in [6.45, 7) is 2.58. The third-order valence-corrected chi connectivity index (χ3v) is 5.49. The van der Waals surface area contributed by atoms with Crippen molar-refractivity contribution >= 4 is 23.5 Å². The van der Waals surface area contributed by atoms with E-state index in [1.807, 2.05) is 59.5 Å². The number of carbonyl (C=O) groups excluding carboxylic acids is 2. The fraction of sp³-hybridized carbons (Fsp3) is 0.360. The molecule has 0 bridgehead atoms. The van der Waals surface area contributed by atoms with Crippen LogP contribution in [0.2, 0.25) is 0 Å². The van der Waals surface area contributed by atoms with E-state index in [-0.39, 0.29) is 18.6 Å². The van der Waals surface area contributed by atoms with E-state index in [9.17, 15) is 9.59 Å². The summed E-state index contributed by atoms with van der Waals surface area (Å²) in [6.07, 6.45) is 5.82. The van der Waals surface area contributed by atoms with Gasteiger partial charge in [-0.05, 0) is 43.4 Å². The van der Waals surface area contributed by atoms with E-state index < -0.39 is 5.97 Å². The molecule has 0 aliphatic carbocycles. The van der Waals surface area contributed by atoms with Gasteiger partial charge in [-0.15, -0.1) is 0 Å². The van der Waals surface area contributed by atoms with Crippen LogP contribution in [0.3, 0.4) is 0 Å². The van der Waals surface area contributed by atoms with E-state index in [0.717, 1.165) is 43.4 Å². The van der Waals surface area contributed by atoms with Gasteiger partial charge in [-0.1, -0.05) is 55.5 Å². The number of piperidine rings is 1. The molecule has 1 unspecified atom stereocenters. The zero-order chi connectivity index (χ0) is 21.3. The van der Waals surface area contributed by atoms with E-state index in [2.05, 4.69) is 6.92 Å². The molecule has 1 saturated heterocycles. The topological polar surface area (TPSA) is 55.8 Å². The van der Waals surface area contributed by atoms with Gasteiger partial charge in [-0.2, -0.15) is 0 Å². The Morgan fingerprint density at radius 3 is 2.53 bits per heavy atom. The zero-order valence-corrected chi connectivity index (χ0v) is 17.7. The van der Waals surface area contributed by atoms with Crippen LogP contribution in [-0.4, -0.2) is 43.1 Å². The van der Waals surface area contributed by atoms with Gasteiger partial charge in [-0.25, -0.2) is 4.79 Å². The number of methoxy groups -OCH3 is 1. The van der Waals surface area contributed by atoms with Crippen LogP contribution >= 0.6 is 0 Å². The molecule has 0 radical (unpaired) electrons. The average molecular weight is 408 g/mol. The summed E-state index contributed by atoms with van der Waals surface area (Å²) in [4.78, 5) is 27.5. The Labute approximate surface area is 178 Å².